The molecule has 5 rings (SSSR count). The highest BCUT2D eigenvalue weighted by molar-refractivity contribution is 5.63. The first-order chi connectivity index (χ1) is 12.4. The lowest BCUT2D eigenvalue weighted by Gasteiger charge is -2.07. The molecule has 0 spiro atoms. The largest absolute Gasteiger partial charge is 0.244 e. The van der Waals surface area contributed by atoms with Crippen molar-refractivity contribution in [3.8, 4) is 11.3 Å². The molecule has 5 nitrogen and oxygen atoms in total. The minimum absolute atomic E-state index is 0.538. The van der Waals surface area contributed by atoms with E-state index in [2.05, 4.69) is 56.4 Å². The summed E-state index contributed by atoms with van der Waals surface area (Å²) in [6, 6.07) is 12.9. The maximum Gasteiger partial charge on any atom is 0.156 e. The second-order valence-electron chi connectivity index (χ2n) is 6.60. The second-order valence-corrected chi connectivity index (χ2v) is 6.60. The molecule has 1 aliphatic rings. The number of fused-ring (bicyclic) bond motifs is 1. The lowest BCUT2D eigenvalue weighted by atomic mass is 10.0. The molecule has 25 heavy (non-hydrogen) atoms. The fourth-order valence-electron chi connectivity index (χ4n) is 3.56. The molecule has 0 amide bonds. The first-order valence-electron chi connectivity index (χ1n) is 8.52. The van der Waals surface area contributed by atoms with Crippen molar-refractivity contribution < 1.29 is 0 Å². The molecule has 0 saturated heterocycles. The number of hydrogen-bond donors (Lipinski definition) is 0. The van der Waals surface area contributed by atoms with Crippen LogP contribution in [0.2, 0.25) is 0 Å². The van der Waals surface area contributed by atoms with Gasteiger partial charge in [0.15, 0.2) is 5.65 Å². The van der Waals surface area contributed by atoms with Crippen LogP contribution in [0.25, 0.3) is 16.9 Å². The fraction of sp³-hybridized carbons (Fsp3) is 0.200. The van der Waals surface area contributed by atoms with E-state index < -0.39 is 0 Å². The number of benzene rings is 1. The van der Waals surface area contributed by atoms with E-state index in [1.54, 1.807) is 12.4 Å². The summed E-state index contributed by atoms with van der Waals surface area (Å²) in [5, 5.41) is 4.66. The molecule has 1 aromatic carbocycles. The zero-order valence-corrected chi connectivity index (χ0v) is 13.7. The minimum Gasteiger partial charge on any atom is -0.244 e. The smallest absolute Gasteiger partial charge is 0.156 e. The van der Waals surface area contributed by atoms with Crippen LogP contribution in [0.5, 0.6) is 0 Å². The molecule has 3 aromatic heterocycles. The van der Waals surface area contributed by atoms with E-state index in [1.165, 1.54) is 23.9 Å². The summed E-state index contributed by atoms with van der Waals surface area (Å²) in [5.74, 6) is 1.21. The average Bonchev–Trinajstić information content (AvgIpc) is 3.25. The van der Waals surface area contributed by atoms with Crippen LogP contribution in [0.3, 0.4) is 0 Å². The zero-order valence-electron chi connectivity index (χ0n) is 13.7. The highest BCUT2D eigenvalue weighted by Gasteiger charge is 2.40. The third kappa shape index (κ3) is 2.67. The van der Waals surface area contributed by atoms with Crippen molar-refractivity contribution in [3.05, 3.63) is 78.6 Å². The van der Waals surface area contributed by atoms with Gasteiger partial charge in [-0.15, -0.1) is 0 Å². The molecule has 0 bridgehead atoms. The standard InChI is InChI=1S/C20H17N5/c1-2-4-14(5-3-1)8-15-9-17(15)18-10-19(16-11-21-13-22-12-16)24-25-7-6-23-20(18)25/h1-7,10-13,15,17H,8-9H2/t15-,17-/m0/s1. The van der Waals surface area contributed by atoms with Crippen LogP contribution in [0.1, 0.15) is 23.5 Å². The summed E-state index contributed by atoms with van der Waals surface area (Å²) >= 11 is 0. The lowest BCUT2D eigenvalue weighted by molar-refractivity contribution is 0.790. The van der Waals surface area contributed by atoms with Gasteiger partial charge in [0.25, 0.3) is 0 Å². The molecule has 0 aliphatic heterocycles. The normalized spacial score (nSPS) is 19.2. The van der Waals surface area contributed by atoms with Crippen LogP contribution in [-0.2, 0) is 6.42 Å². The number of rotatable bonds is 4. The van der Waals surface area contributed by atoms with E-state index in [0.29, 0.717) is 11.8 Å². The SMILES string of the molecule is c1ccc(C[C@H]2C[C@@H]2c2cc(-c3cncnc3)nn3ccnc23)cc1. The molecular formula is C20H17N5. The molecular weight excluding hydrogens is 310 g/mol. The molecule has 3 heterocycles. The van der Waals surface area contributed by atoms with E-state index in [4.69, 9.17) is 0 Å². The van der Waals surface area contributed by atoms with E-state index in [1.807, 2.05) is 16.9 Å². The van der Waals surface area contributed by atoms with Crippen LogP contribution in [0.4, 0.5) is 0 Å². The van der Waals surface area contributed by atoms with E-state index in [0.717, 1.165) is 23.3 Å². The fourth-order valence-corrected chi connectivity index (χ4v) is 3.56. The number of imidazole rings is 1. The highest BCUT2D eigenvalue weighted by atomic mass is 15.2. The maximum absolute atomic E-state index is 4.66. The molecule has 4 aromatic rings. The summed E-state index contributed by atoms with van der Waals surface area (Å²) in [7, 11) is 0. The quantitative estimate of drug-likeness (QED) is 0.575. The Balaban J connectivity index is 1.50. The molecule has 0 N–H and O–H groups in total. The Labute approximate surface area is 145 Å². The maximum atomic E-state index is 4.66. The van der Waals surface area contributed by atoms with Gasteiger partial charge < -0.3 is 0 Å². The Bertz CT molecular complexity index is 1010. The van der Waals surface area contributed by atoms with Crippen LogP contribution < -0.4 is 0 Å². The van der Waals surface area contributed by atoms with Gasteiger partial charge in [-0.25, -0.2) is 19.5 Å². The van der Waals surface area contributed by atoms with Gasteiger partial charge in [-0.3, -0.25) is 0 Å². The molecule has 0 radical (unpaired) electrons. The predicted octanol–water partition coefficient (Wildman–Crippen LogP) is 3.53. The van der Waals surface area contributed by atoms with Crippen LogP contribution in [-0.4, -0.2) is 24.6 Å². The monoisotopic (exact) mass is 327 g/mol. The molecule has 2 atom stereocenters. The van der Waals surface area contributed by atoms with Gasteiger partial charge in [0.1, 0.15) is 6.33 Å². The summed E-state index contributed by atoms with van der Waals surface area (Å²) in [6.45, 7) is 0. The van der Waals surface area contributed by atoms with Gasteiger partial charge in [-0.05, 0) is 36.3 Å². The topological polar surface area (TPSA) is 56.0 Å². The zero-order chi connectivity index (χ0) is 16.6. The van der Waals surface area contributed by atoms with Gasteiger partial charge in [-0.2, -0.15) is 5.10 Å². The third-order valence-electron chi connectivity index (χ3n) is 4.91. The Morgan fingerprint density at radius 1 is 1.08 bits per heavy atom. The van der Waals surface area contributed by atoms with E-state index >= 15 is 0 Å². The Hall–Kier alpha value is -3.08. The minimum atomic E-state index is 0.538. The highest BCUT2D eigenvalue weighted by Crippen LogP contribution is 2.50. The van der Waals surface area contributed by atoms with Gasteiger partial charge in [0.05, 0.1) is 5.69 Å². The van der Waals surface area contributed by atoms with Crippen LogP contribution in [0.15, 0.2) is 67.5 Å². The van der Waals surface area contributed by atoms with Gasteiger partial charge >= 0.3 is 0 Å². The van der Waals surface area contributed by atoms with Crippen LogP contribution in [0, 0.1) is 5.92 Å². The van der Waals surface area contributed by atoms with Crippen molar-refractivity contribution in [2.45, 2.75) is 18.8 Å². The van der Waals surface area contributed by atoms with E-state index in [-0.39, 0.29) is 0 Å². The van der Waals surface area contributed by atoms with Gasteiger partial charge in [0.2, 0.25) is 0 Å². The van der Waals surface area contributed by atoms with Gasteiger partial charge in [-0.1, -0.05) is 30.3 Å². The molecule has 1 saturated carbocycles. The predicted molar refractivity (Wildman–Crippen MR) is 95.0 cm³/mol. The number of nitrogens with zero attached hydrogens (tertiary/aromatic N) is 5. The third-order valence-corrected chi connectivity index (χ3v) is 4.91. The summed E-state index contributed by atoms with van der Waals surface area (Å²) in [5.41, 5.74) is 5.46. The summed E-state index contributed by atoms with van der Waals surface area (Å²) in [6.07, 6.45) is 11.2. The lowest BCUT2D eigenvalue weighted by Crippen LogP contribution is -2.00. The molecule has 1 aliphatic carbocycles. The Morgan fingerprint density at radius 3 is 2.76 bits per heavy atom. The van der Waals surface area contributed by atoms with Gasteiger partial charge in [0, 0.05) is 35.9 Å². The second kappa shape index (κ2) is 5.77. The first kappa shape index (κ1) is 14.3. The number of aromatic nitrogens is 5. The molecule has 0 unspecified atom stereocenters. The number of hydrogen-bond acceptors (Lipinski definition) is 4. The Kier molecular flexibility index (Phi) is 3.30. The summed E-state index contributed by atoms with van der Waals surface area (Å²) in [4.78, 5) is 12.8. The van der Waals surface area contributed by atoms with Crippen molar-refractivity contribution in [2.24, 2.45) is 5.92 Å². The molecule has 122 valence electrons. The molecule has 5 heteroatoms. The van der Waals surface area contributed by atoms with Crippen molar-refractivity contribution in [1.29, 1.82) is 0 Å². The molecule has 1 fully saturated rings. The average molecular weight is 327 g/mol. The summed E-state index contributed by atoms with van der Waals surface area (Å²) < 4.78 is 1.87. The van der Waals surface area contributed by atoms with Crippen molar-refractivity contribution >= 4 is 5.65 Å². The van der Waals surface area contributed by atoms with E-state index in [9.17, 15) is 0 Å². The Morgan fingerprint density at radius 2 is 1.92 bits per heavy atom. The van der Waals surface area contributed by atoms with Crippen molar-refractivity contribution in [2.75, 3.05) is 0 Å². The first-order valence-corrected chi connectivity index (χ1v) is 8.52. The van der Waals surface area contributed by atoms with Crippen molar-refractivity contribution in [3.63, 3.8) is 0 Å². The van der Waals surface area contributed by atoms with Crippen LogP contribution >= 0.6 is 0 Å². The van der Waals surface area contributed by atoms with Crippen molar-refractivity contribution in [1.82, 2.24) is 24.6 Å².